The zero-order chi connectivity index (χ0) is 11.0. The van der Waals surface area contributed by atoms with Crippen LogP contribution in [0.25, 0.3) is 0 Å². The second kappa shape index (κ2) is 4.46. The second-order valence-corrected chi connectivity index (χ2v) is 6.12. The zero-order valence-corrected chi connectivity index (χ0v) is 10.7. The van der Waals surface area contributed by atoms with Gasteiger partial charge in [-0.2, -0.15) is 0 Å². The SMILES string of the molecule is CCC(NCc1nc(C2CC2)cs1)C1CC1. The third kappa shape index (κ3) is 2.46. The molecule has 0 amide bonds. The normalized spacial score (nSPS) is 22.3. The number of rotatable bonds is 6. The Morgan fingerprint density at radius 2 is 2.25 bits per heavy atom. The van der Waals surface area contributed by atoms with Gasteiger partial charge in [0.1, 0.15) is 5.01 Å². The van der Waals surface area contributed by atoms with E-state index in [1.165, 1.54) is 42.8 Å². The quantitative estimate of drug-likeness (QED) is 0.819. The summed E-state index contributed by atoms with van der Waals surface area (Å²) in [5, 5.41) is 7.20. The van der Waals surface area contributed by atoms with Crippen molar-refractivity contribution in [2.75, 3.05) is 0 Å². The van der Waals surface area contributed by atoms with Gasteiger partial charge in [0.25, 0.3) is 0 Å². The molecule has 1 N–H and O–H groups in total. The van der Waals surface area contributed by atoms with Gasteiger partial charge in [0.05, 0.1) is 5.69 Å². The highest BCUT2D eigenvalue weighted by atomic mass is 32.1. The van der Waals surface area contributed by atoms with Crippen molar-refractivity contribution in [1.82, 2.24) is 10.3 Å². The minimum atomic E-state index is 0.730. The first-order valence-corrected chi connectivity index (χ1v) is 7.42. The molecule has 1 aromatic heterocycles. The van der Waals surface area contributed by atoms with E-state index < -0.39 is 0 Å². The maximum atomic E-state index is 4.71. The van der Waals surface area contributed by atoms with Crippen LogP contribution in [-0.2, 0) is 6.54 Å². The van der Waals surface area contributed by atoms with E-state index >= 15 is 0 Å². The fourth-order valence-corrected chi connectivity index (χ4v) is 3.16. The van der Waals surface area contributed by atoms with E-state index in [0.29, 0.717) is 0 Å². The Hall–Kier alpha value is -0.410. The van der Waals surface area contributed by atoms with E-state index in [-0.39, 0.29) is 0 Å². The van der Waals surface area contributed by atoms with E-state index in [0.717, 1.165) is 24.4 Å². The predicted molar refractivity (Wildman–Crippen MR) is 67.7 cm³/mol. The Bertz CT molecular complexity index is 353. The molecule has 1 atom stereocenters. The Labute approximate surface area is 101 Å². The van der Waals surface area contributed by atoms with Crippen LogP contribution in [-0.4, -0.2) is 11.0 Å². The molecule has 0 aromatic carbocycles. The summed E-state index contributed by atoms with van der Waals surface area (Å²) in [4.78, 5) is 4.71. The van der Waals surface area contributed by atoms with Crippen LogP contribution in [0.4, 0.5) is 0 Å². The fraction of sp³-hybridized carbons (Fsp3) is 0.769. The minimum Gasteiger partial charge on any atom is -0.307 e. The summed E-state index contributed by atoms with van der Waals surface area (Å²) in [6.07, 6.45) is 6.82. The summed E-state index contributed by atoms with van der Waals surface area (Å²) in [6, 6.07) is 0.730. The summed E-state index contributed by atoms with van der Waals surface area (Å²) < 4.78 is 0. The van der Waals surface area contributed by atoms with E-state index in [2.05, 4.69) is 17.6 Å². The Morgan fingerprint density at radius 3 is 2.88 bits per heavy atom. The lowest BCUT2D eigenvalue weighted by Gasteiger charge is -2.14. The van der Waals surface area contributed by atoms with Crippen LogP contribution < -0.4 is 5.32 Å². The van der Waals surface area contributed by atoms with Crippen molar-refractivity contribution in [3.63, 3.8) is 0 Å². The highest BCUT2D eigenvalue weighted by Gasteiger charge is 2.30. The number of hydrogen-bond donors (Lipinski definition) is 1. The standard InChI is InChI=1S/C13H20N2S/c1-2-11(9-3-4-9)14-7-13-15-12(8-16-13)10-5-6-10/h8-11,14H,2-7H2,1H3. The van der Waals surface area contributed by atoms with Crippen LogP contribution in [0.15, 0.2) is 5.38 Å². The van der Waals surface area contributed by atoms with Crippen molar-refractivity contribution in [2.24, 2.45) is 5.92 Å². The molecular formula is C13H20N2S. The molecule has 0 radical (unpaired) electrons. The third-order valence-electron chi connectivity index (χ3n) is 3.71. The van der Waals surface area contributed by atoms with Gasteiger partial charge in [0, 0.05) is 23.9 Å². The highest BCUT2D eigenvalue weighted by Crippen LogP contribution is 2.40. The summed E-state index contributed by atoms with van der Waals surface area (Å²) in [5.74, 6) is 1.75. The largest absolute Gasteiger partial charge is 0.307 e. The fourth-order valence-electron chi connectivity index (χ4n) is 2.33. The third-order valence-corrected chi connectivity index (χ3v) is 4.58. The number of hydrogen-bond acceptors (Lipinski definition) is 3. The molecule has 16 heavy (non-hydrogen) atoms. The van der Waals surface area contributed by atoms with Crippen LogP contribution in [0, 0.1) is 5.92 Å². The topological polar surface area (TPSA) is 24.9 Å². The monoisotopic (exact) mass is 236 g/mol. The van der Waals surface area contributed by atoms with Crippen molar-refractivity contribution in [3.8, 4) is 0 Å². The molecule has 1 unspecified atom stereocenters. The lowest BCUT2D eigenvalue weighted by atomic mass is 10.1. The number of nitrogens with one attached hydrogen (secondary N) is 1. The smallest absolute Gasteiger partial charge is 0.107 e. The average Bonchev–Trinajstić information content (AvgIpc) is 3.19. The van der Waals surface area contributed by atoms with Crippen LogP contribution in [0.3, 0.4) is 0 Å². The van der Waals surface area contributed by atoms with Crippen LogP contribution >= 0.6 is 11.3 Å². The molecule has 2 nitrogen and oxygen atoms in total. The first kappa shape index (κ1) is 10.7. The molecule has 1 aromatic rings. The van der Waals surface area contributed by atoms with Crippen LogP contribution in [0.1, 0.15) is 55.6 Å². The summed E-state index contributed by atoms with van der Waals surface area (Å²) >= 11 is 1.83. The van der Waals surface area contributed by atoms with Gasteiger partial charge in [-0.1, -0.05) is 6.92 Å². The molecule has 2 aliphatic carbocycles. The Kier molecular flexibility index (Phi) is 2.99. The van der Waals surface area contributed by atoms with Crippen molar-refractivity contribution in [2.45, 2.75) is 57.5 Å². The molecule has 0 bridgehead atoms. The minimum absolute atomic E-state index is 0.730. The summed E-state index contributed by atoms with van der Waals surface area (Å²) in [7, 11) is 0. The zero-order valence-electron chi connectivity index (χ0n) is 9.91. The Morgan fingerprint density at radius 1 is 1.44 bits per heavy atom. The van der Waals surface area contributed by atoms with Gasteiger partial charge < -0.3 is 5.32 Å². The first-order chi connectivity index (χ1) is 7.86. The number of nitrogens with zero attached hydrogens (tertiary/aromatic N) is 1. The molecular weight excluding hydrogens is 216 g/mol. The van der Waals surface area contributed by atoms with E-state index in [1.54, 1.807) is 0 Å². The van der Waals surface area contributed by atoms with Gasteiger partial charge in [-0.3, -0.25) is 0 Å². The first-order valence-electron chi connectivity index (χ1n) is 6.54. The van der Waals surface area contributed by atoms with Gasteiger partial charge >= 0.3 is 0 Å². The molecule has 2 fully saturated rings. The summed E-state index contributed by atoms with van der Waals surface area (Å²) in [6.45, 7) is 3.26. The van der Waals surface area contributed by atoms with Gasteiger partial charge in [-0.25, -0.2) is 4.98 Å². The average molecular weight is 236 g/mol. The molecule has 88 valence electrons. The lowest BCUT2D eigenvalue weighted by molar-refractivity contribution is 0.448. The lowest BCUT2D eigenvalue weighted by Crippen LogP contribution is -2.29. The van der Waals surface area contributed by atoms with Gasteiger partial charge in [-0.15, -0.1) is 11.3 Å². The second-order valence-electron chi connectivity index (χ2n) is 5.17. The molecule has 0 aliphatic heterocycles. The number of aromatic nitrogens is 1. The summed E-state index contributed by atoms with van der Waals surface area (Å²) in [5.41, 5.74) is 1.35. The van der Waals surface area contributed by atoms with Crippen molar-refractivity contribution < 1.29 is 0 Å². The van der Waals surface area contributed by atoms with Crippen LogP contribution in [0.5, 0.6) is 0 Å². The van der Waals surface area contributed by atoms with Crippen molar-refractivity contribution >= 4 is 11.3 Å². The van der Waals surface area contributed by atoms with Crippen molar-refractivity contribution in [1.29, 1.82) is 0 Å². The van der Waals surface area contributed by atoms with Crippen LogP contribution in [0.2, 0.25) is 0 Å². The molecule has 3 rings (SSSR count). The van der Waals surface area contributed by atoms with E-state index in [4.69, 9.17) is 4.98 Å². The molecule has 3 heteroatoms. The molecule has 2 aliphatic rings. The Balaban J connectivity index is 1.52. The van der Waals surface area contributed by atoms with Gasteiger partial charge in [0.15, 0.2) is 0 Å². The molecule has 0 saturated heterocycles. The van der Waals surface area contributed by atoms with Gasteiger partial charge in [-0.05, 0) is 38.0 Å². The highest BCUT2D eigenvalue weighted by molar-refractivity contribution is 7.09. The predicted octanol–water partition coefficient (Wildman–Crippen LogP) is 3.30. The maximum absolute atomic E-state index is 4.71. The number of thiazole rings is 1. The van der Waals surface area contributed by atoms with E-state index in [9.17, 15) is 0 Å². The van der Waals surface area contributed by atoms with Gasteiger partial charge in [0.2, 0.25) is 0 Å². The molecule has 1 heterocycles. The van der Waals surface area contributed by atoms with Crippen molar-refractivity contribution in [3.05, 3.63) is 16.1 Å². The van der Waals surface area contributed by atoms with E-state index in [1.807, 2.05) is 11.3 Å². The maximum Gasteiger partial charge on any atom is 0.107 e. The molecule has 2 saturated carbocycles. The molecule has 0 spiro atoms.